The van der Waals surface area contributed by atoms with Crippen molar-refractivity contribution < 1.29 is 9.59 Å². The molecule has 0 saturated heterocycles. The molecule has 1 N–H and O–H groups in total. The highest BCUT2D eigenvalue weighted by Gasteiger charge is 2.21. The number of nitrogens with one attached hydrogen (secondary N) is 1. The normalized spacial score (nSPS) is 16.6. The summed E-state index contributed by atoms with van der Waals surface area (Å²) in [5, 5.41) is 2.88. The molecule has 1 aliphatic rings. The van der Waals surface area contributed by atoms with E-state index in [4.69, 9.17) is 0 Å². The summed E-state index contributed by atoms with van der Waals surface area (Å²) in [5.74, 6) is 4.03. The summed E-state index contributed by atoms with van der Waals surface area (Å²) in [6.45, 7) is 1.51. The fourth-order valence-electron chi connectivity index (χ4n) is 2.24. The second kappa shape index (κ2) is 4.72. The maximum absolute atomic E-state index is 12.3. The van der Waals surface area contributed by atoms with E-state index in [1.807, 2.05) is 24.3 Å². The molecule has 0 saturated carbocycles. The first-order chi connectivity index (χ1) is 9.58. The van der Waals surface area contributed by atoms with Crippen molar-refractivity contribution in [2.75, 3.05) is 5.32 Å². The standard InChI is InChI=1S/C16H13NO2S/c1-10(18)11-7-8-15-13(9-11)17-16(19)12-5-3-4-6-14(12)20(15)2/h3-9H,2H2,1H3,(H,17,19). The Morgan fingerprint density at radius 1 is 1.15 bits per heavy atom. The molecule has 0 aliphatic carbocycles. The van der Waals surface area contributed by atoms with Gasteiger partial charge in [-0.15, -0.1) is 10.5 Å². The molecule has 3 rings (SSSR count). The van der Waals surface area contributed by atoms with Crippen LogP contribution in [0.4, 0.5) is 5.69 Å². The van der Waals surface area contributed by atoms with Gasteiger partial charge in [-0.25, -0.2) is 0 Å². The van der Waals surface area contributed by atoms with Crippen LogP contribution in [0.25, 0.3) is 0 Å². The molecule has 20 heavy (non-hydrogen) atoms. The Labute approximate surface area is 119 Å². The van der Waals surface area contributed by atoms with Crippen molar-refractivity contribution in [2.45, 2.75) is 16.7 Å². The van der Waals surface area contributed by atoms with Crippen LogP contribution < -0.4 is 5.32 Å². The maximum atomic E-state index is 12.3. The molecule has 1 atom stereocenters. The number of ketones is 1. The largest absolute Gasteiger partial charge is 0.321 e. The van der Waals surface area contributed by atoms with Crippen LogP contribution in [0.3, 0.4) is 0 Å². The first-order valence-corrected chi connectivity index (χ1v) is 7.56. The summed E-state index contributed by atoms with van der Waals surface area (Å²) in [6.07, 6.45) is 0. The van der Waals surface area contributed by atoms with Gasteiger partial charge in [0.1, 0.15) is 0 Å². The van der Waals surface area contributed by atoms with Crippen molar-refractivity contribution in [3.63, 3.8) is 0 Å². The van der Waals surface area contributed by atoms with Crippen LogP contribution in [0.15, 0.2) is 52.3 Å². The summed E-state index contributed by atoms with van der Waals surface area (Å²) in [4.78, 5) is 25.6. The Balaban J connectivity index is 2.22. The highest BCUT2D eigenvalue weighted by Crippen LogP contribution is 2.43. The van der Waals surface area contributed by atoms with E-state index in [9.17, 15) is 9.59 Å². The quantitative estimate of drug-likeness (QED) is 0.642. The van der Waals surface area contributed by atoms with Crippen LogP contribution in [-0.2, 0) is 0 Å². The van der Waals surface area contributed by atoms with Crippen molar-refractivity contribution in [3.05, 3.63) is 53.6 Å². The summed E-state index contributed by atoms with van der Waals surface area (Å²) < 4.78 is 0. The minimum Gasteiger partial charge on any atom is -0.321 e. The van der Waals surface area contributed by atoms with Gasteiger partial charge in [0.25, 0.3) is 5.91 Å². The van der Waals surface area contributed by atoms with Gasteiger partial charge in [-0.05, 0) is 31.2 Å². The molecule has 0 spiro atoms. The number of amides is 1. The number of anilines is 1. The third kappa shape index (κ3) is 1.98. The number of Topliss-reactive ketones (excluding diaryl/α,β-unsaturated/α-hetero) is 1. The topological polar surface area (TPSA) is 46.2 Å². The van der Waals surface area contributed by atoms with Crippen molar-refractivity contribution in [3.8, 4) is 0 Å². The molecule has 0 aromatic heterocycles. The minimum atomic E-state index is -0.444. The van der Waals surface area contributed by atoms with Gasteiger partial charge in [0.15, 0.2) is 5.78 Å². The van der Waals surface area contributed by atoms with Crippen LogP contribution in [0.5, 0.6) is 0 Å². The number of benzene rings is 2. The van der Waals surface area contributed by atoms with E-state index >= 15 is 0 Å². The fourth-order valence-corrected chi connectivity index (χ4v) is 3.75. The van der Waals surface area contributed by atoms with Crippen LogP contribution in [-0.4, -0.2) is 17.6 Å². The number of fused-ring (bicyclic) bond motifs is 2. The van der Waals surface area contributed by atoms with Gasteiger partial charge in [-0.2, -0.15) is 0 Å². The Kier molecular flexibility index (Phi) is 3.03. The Bertz CT molecular complexity index is 765. The zero-order valence-electron chi connectivity index (χ0n) is 11.0. The molecule has 0 bridgehead atoms. The molecule has 2 aromatic rings. The number of hydrogen-bond donors (Lipinski definition) is 1. The first kappa shape index (κ1) is 12.8. The van der Waals surface area contributed by atoms with E-state index in [1.54, 1.807) is 18.2 Å². The second-order valence-corrected chi connectivity index (χ2v) is 6.27. The van der Waals surface area contributed by atoms with Gasteiger partial charge in [-0.1, -0.05) is 24.1 Å². The molecule has 1 aliphatic heterocycles. The molecule has 1 heterocycles. The monoisotopic (exact) mass is 283 g/mol. The summed E-state index contributed by atoms with van der Waals surface area (Å²) >= 11 is 0. The highest BCUT2D eigenvalue weighted by molar-refractivity contribution is 8.14. The van der Waals surface area contributed by atoms with Crippen LogP contribution in [0.1, 0.15) is 27.6 Å². The fraction of sp³-hybridized carbons (Fsp3) is 0.0625. The molecular formula is C16H13NO2S. The van der Waals surface area contributed by atoms with Crippen molar-refractivity contribution in [1.82, 2.24) is 0 Å². The predicted molar refractivity (Wildman–Crippen MR) is 82.1 cm³/mol. The maximum Gasteiger partial charge on any atom is 0.256 e. The highest BCUT2D eigenvalue weighted by atomic mass is 32.2. The third-order valence-corrected chi connectivity index (χ3v) is 5.07. The molecule has 1 amide bonds. The summed E-state index contributed by atoms with van der Waals surface area (Å²) in [6, 6.07) is 12.9. The SMILES string of the molecule is C=S1c2ccc(C(C)=O)cc2NC(=O)c2ccccc21. The van der Waals surface area contributed by atoms with E-state index in [2.05, 4.69) is 11.2 Å². The van der Waals surface area contributed by atoms with E-state index < -0.39 is 10.5 Å². The average Bonchev–Trinajstić information content (AvgIpc) is 2.55. The molecule has 1 unspecified atom stereocenters. The molecule has 0 fully saturated rings. The van der Waals surface area contributed by atoms with Gasteiger partial charge in [-0.3, -0.25) is 9.59 Å². The Morgan fingerprint density at radius 2 is 1.90 bits per heavy atom. The molecule has 2 aromatic carbocycles. The van der Waals surface area contributed by atoms with Crippen LogP contribution >= 0.6 is 10.5 Å². The lowest BCUT2D eigenvalue weighted by Gasteiger charge is -2.10. The lowest BCUT2D eigenvalue weighted by Crippen LogP contribution is -2.11. The number of rotatable bonds is 1. The van der Waals surface area contributed by atoms with Crippen molar-refractivity contribution >= 4 is 33.7 Å². The van der Waals surface area contributed by atoms with Gasteiger partial charge >= 0.3 is 0 Å². The minimum absolute atomic E-state index is 0.0206. The molecular weight excluding hydrogens is 270 g/mol. The van der Waals surface area contributed by atoms with E-state index in [1.165, 1.54) is 6.92 Å². The van der Waals surface area contributed by atoms with Gasteiger partial charge in [0, 0.05) is 15.4 Å². The summed E-state index contributed by atoms with van der Waals surface area (Å²) in [5.41, 5.74) is 1.91. The Hall–Kier alpha value is -2.20. The molecule has 0 radical (unpaired) electrons. The second-order valence-electron chi connectivity index (χ2n) is 4.61. The average molecular weight is 283 g/mol. The molecule has 4 heteroatoms. The molecule has 100 valence electrons. The zero-order chi connectivity index (χ0) is 14.3. The third-order valence-electron chi connectivity index (χ3n) is 3.30. The van der Waals surface area contributed by atoms with Gasteiger partial charge < -0.3 is 5.32 Å². The summed E-state index contributed by atoms with van der Waals surface area (Å²) in [7, 11) is -0.444. The van der Waals surface area contributed by atoms with Crippen LogP contribution in [0, 0.1) is 0 Å². The first-order valence-electron chi connectivity index (χ1n) is 6.17. The van der Waals surface area contributed by atoms with E-state index in [-0.39, 0.29) is 11.7 Å². The van der Waals surface area contributed by atoms with E-state index in [0.717, 1.165) is 9.79 Å². The van der Waals surface area contributed by atoms with E-state index in [0.29, 0.717) is 16.8 Å². The number of carbonyl (C=O) groups is 2. The predicted octanol–water partition coefficient (Wildman–Crippen LogP) is 3.57. The van der Waals surface area contributed by atoms with Crippen LogP contribution in [0.2, 0.25) is 0 Å². The number of carbonyl (C=O) groups excluding carboxylic acids is 2. The van der Waals surface area contributed by atoms with Crippen molar-refractivity contribution in [2.24, 2.45) is 0 Å². The van der Waals surface area contributed by atoms with Gasteiger partial charge in [0.2, 0.25) is 0 Å². The Morgan fingerprint density at radius 3 is 2.65 bits per heavy atom. The number of hydrogen-bond acceptors (Lipinski definition) is 2. The lowest BCUT2D eigenvalue weighted by atomic mass is 10.1. The molecule has 3 nitrogen and oxygen atoms in total. The van der Waals surface area contributed by atoms with Gasteiger partial charge in [0.05, 0.1) is 11.3 Å². The van der Waals surface area contributed by atoms with Crippen molar-refractivity contribution in [1.29, 1.82) is 0 Å². The smallest absolute Gasteiger partial charge is 0.256 e. The lowest BCUT2D eigenvalue weighted by molar-refractivity contribution is 0.101. The zero-order valence-corrected chi connectivity index (χ0v) is 11.8.